The van der Waals surface area contributed by atoms with Gasteiger partial charge < -0.3 is 5.73 Å². The second-order valence-corrected chi connectivity index (χ2v) is 4.44. The van der Waals surface area contributed by atoms with Crippen LogP contribution in [0.15, 0.2) is 0 Å². The maximum absolute atomic E-state index is 5.87. The molecule has 1 nitrogen and oxygen atoms in total. The van der Waals surface area contributed by atoms with Gasteiger partial charge in [0, 0.05) is 6.04 Å². The molecule has 2 N–H and O–H groups in total. The van der Waals surface area contributed by atoms with E-state index in [1.54, 1.807) is 0 Å². The highest BCUT2D eigenvalue weighted by atomic mass is 14.6. The molecule has 0 saturated heterocycles. The van der Waals surface area contributed by atoms with Crippen molar-refractivity contribution in [3.63, 3.8) is 0 Å². The van der Waals surface area contributed by atoms with Gasteiger partial charge in [-0.2, -0.15) is 0 Å². The molecule has 0 aromatic carbocycles. The lowest BCUT2D eigenvalue weighted by molar-refractivity contribution is 0.235. The molecule has 0 aromatic rings. The third kappa shape index (κ3) is 2.78. The Bertz CT molecular complexity index is 114. The molecule has 1 atom stereocenters. The van der Waals surface area contributed by atoms with Crippen molar-refractivity contribution in [1.82, 2.24) is 0 Å². The molecule has 0 spiro atoms. The van der Waals surface area contributed by atoms with E-state index in [1.165, 1.54) is 38.5 Å². The smallest absolute Gasteiger partial charge is 0.00390 e. The van der Waals surface area contributed by atoms with Crippen LogP contribution in [-0.4, -0.2) is 6.04 Å². The first kappa shape index (κ1) is 10.0. The number of nitrogens with two attached hydrogens (primary N) is 1. The van der Waals surface area contributed by atoms with Gasteiger partial charge in [-0.05, 0) is 37.5 Å². The van der Waals surface area contributed by atoms with E-state index in [0.29, 0.717) is 6.04 Å². The van der Waals surface area contributed by atoms with Gasteiger partial charge >= 0.3 is 0 Å². The number of rotatable bonds is 3. The topological polar surface area (TPSA) is 26.0 Å². The van der Waals surface area contributed by atoms with Crippen LogP contribution in [-0.2, 0) is 0 Å². The predicted molar refractivity (Wildman–Crippen MR) is 54.0 cm³/mol. The van der Waals surface area contributed by atoms with Crippen LogP contribution in [0.4, 0.5) is 0 Å². The average Bonchev–Trinajstić information content (AvgIpc) is 2.06. The molecule has 1 rings (SSSR count). The van der Waals surface area contributed by atoms with Crippen molar-refractivity contribution in [2.75, 3.05) is 0 Å². The Morgan fingerprint density at radius 1 is 1.25 bits per heavy atom. The summed E-state index contributed by atoms with van der Waals surface area (Å²) in [6.07, 6.45) is 8.02. The van der Waals surface area contributed by atoms with E-state index in [-0.39, 0.29) is 0 Å². The van der Waals surface area contributed by atoms with Crippen molar-refractivity contribution in [1.29, 1.82) is 0 Å². The van der Waals surface area contributed by atoms with Crippen LogP contribution < -0.4 is 5.73 Å². The van der Waals surface area contributed by atoms with Gasteiger partial charge in [-0.25, -0.2) is 0 Å². The van der Waals surface area contributed by atoms with E-state index in [0.717, 1.165) is 11.8 Å². The first-order chi connectivity index (χ1) is 5.74. The van der Waals surface area contributed by atoms with Crippen LogP contribution in [0.5, 0.6) is 0 Å². The molecule has 72 valence electrons. The fourth-order valence-corrected chi connectivity index (χ4v) is 2.41. The van der Waals surface area contributed by atoms with E-state index in [4.69, 9.17) is 5.73 Å². The summed E-state index contributed by atoms with van der Waals surface area (Å²) in [5, 5.41) is 0. The predicted octanol–water partition coefficient (Wildman–Crippen LogP) is 2.94. The van der Waals surface area contributed by atoms with Crippen molar-refractivity contribution >= 4 is 0 Å². The van der Waals surface area contributed by atoms with Crippen LogP contribution in [0.2, 0.25) is 0 Å². The van der Waals surface area contributed by atoms with Crippen molar-refractivity contribution < 1.29 is 0 Å². The molecule has 0 aliphatic heterocycles. The largest absolute Gasteiger partial charge is 0.328 e. The molecule has 1 heteroatoms. The number of hydrogen-bond acceptors (Lipinski definition) is 1. The van der Waals surface area contributed by atoms with Crippen LogP contribution in [0.3, 0.4) is 0 Å². The quantitative estimate of drug-likeness (QED) is 0.690. The SMILES string of the molecule is CCCC(C)[C@H]1CC[C@H](N)CC1. The Morgan fingerprint density at radius 2 is 1.83 bits per heavy atom. The van der Waals surface area contributed by atoms with E-state index in [2.05, 4.69) is 13.8 Å². The second kappa shape index (κ2) is 4.86. The first-order valence-corrected chi connectivity index (χ1v) is 5.49. The Kier molecular flexibility index (Phi) is 4.07. The fourth-order valence-electron chi connectivity index (χ4n) is 2.41. The standard InChI is InChI=1S/C11H23N/c1-3-4-9(2)10-5-7-11(12)8-6-10/h9-11H,3-8,12H2,1-2H3/t9?,10-,11-. The molecular weight excluding hydrogens is 146 g/mol. The lowest BCUT2D eigenvalue weighted by atomic mass is 9.78. The van der Waals surface area contributed by atoms with Gasteiger partial charge in [0.25, 0.3) is 0 Å². The van der Waals surface area contributed by atoms with Crippen LogP contribution in [0.1, 0.15) is 52.4 Å². The molecule has 12 heavy (non-hydrogen) atoms. The van der Waals surface area contributed by atoms with Crippen LogP contribution in [0.25, 0.3) is 0 Å². The molecule has 1 aliphatic rings. The summed E-state index contributed by atoms with van der Waals surface area (Å²) >= 11 is 0. The van der Waals surface area contributed by atoms with Gasteiger partial charge in [0.15, 0.2) is 0 Å². The molecule has 0 amide bonds. The van der Waals surface area contributed by atoms with Crippen LogP contribution >= 0.6 is 0 Å². The fraction of sp³-hybridized carbons (Fsp3) is 1.00. The Hall–Kier alpha value is -0.0400. The maximum atomic E-state index is 5.87. The molecule has 1 unspecified atom stereocenters. The summed E-state index contributed by atoms with van der Waals surface area (Å²) < 4.78 is 0. The van der Waals surface area contributed by atoms with Gasteiger partial charge in [0.05, 0.1) is 0 Å². The minimum Gasteiger partial charge on any atom is -0.328 e. The van der Waals surface area contributed by atoms with Crippen molar-refractivity contribution in [2.45, 2.75) is 58.4 Å². The minimum absolute atomic E-state index is 0.509. The van der Waals surface area contributed by atoms with Crippen molar-refractivity contribution in [3.05, 3.63) is 0 Å². The van der Waals surface area contributed by atoms with Gasteiger partial charge in [-0.1, -0.05) is 26.7 Å². The van der Waals surface area contributed by atoms with Gasteiger partial charge in [0.1, 0.15) is 0 Å². The van der Waals surface area contributed by atoms with Crippen molar-refractivity contribution in [2.24, 2.45) is 17.6 Å². The molecule has 0 radical (unpaired) electrons. The molecule has 0 bridgehead atoms. The zero-order valence-electron chi connectivity index (χ0n) is 8.55. The molecule has 1 aliphatic carbocycles. The molecular formula is C11H23N. The minimum atomic E-state index is 0.509. The van der Waals surface area contributed by atoms with E-state index in [9.17, 15) is 0 Å². The normalized spacial score (nSPS) is 33.2. The highest BCUT2D eigenvalue weighted by Gasteiger charge is 2.22. The summed E-state index contributed by atoms with van der Waals surface area (Å²) in [6.45, 7) is 4.69. The first-order valence-electron chi connectivity index (χ1n) is 5.49. The third-order valence-electron chi connectivity index (χ3n) is 3.37. The Labute approximate surface area is 76.7 Å². The summed E-state index contributed by atoms with van der Waals surface area (Å²) in [7, 11) is 0. The molecule has 1 fully saturated rings. The van der Waals surface area contributed by atoms with Crippen molar-refractivity contribution in [3.8, 4) is 0 Å². The van der Waals surface area contributed by atoms with E-state index < -0.39 is 0 Å². The van der Waals surface area contributed by atoms with Crippen LogP contribution in [0, 0.1) is 11.8 Å². The monoisotopic (exact) mass is 169 g/mol. The summed E-state index contributed by atoms with van der Waals surface area (Å²) in [4.78, 5) is 0. The highest BCUT2D eigenvalue weighted by Crippen LogP contribution is 2.31. The van der Waals surface area contributed by atoms with Gasteiger partial charge in [-0.3, -0.25) is 0 Å². The third-order valence-corrected chi connectivity index (χ3v) is 3.37. The average molecular weight is 169 g/mol. The lowest BCUT2D eigenvalue weighted by Crippen LogP contribution is -2.28. The maximum Gasteiger partial charge on any atom is 0.00390 e. The lowest BCUT2D eigenvalue weighted by Gasteiger charge is -2.30. The Morgan fingerprint density at radius 3 is 2.33 bits per heavy atom. The highest BCUT2D eigenvalue weighted by molar-refractivity contribution is 4.77. The number of hydrogen-bond donors (Lipinski definition) is 1. The zero-order valence-corrected chi connectivity index (χ0v) is 8.55. The Balaban J connectivity index is 2.24. The van der Waals surface area contributed by atoms with Gasteiger partial charge in [-0.15, -0.1) is 0 Å². The zero-order chi connectivity index (χ0) is 8.97. The summed E-state index contributed by atoms with van der Waals surface area (Å²) in [5.74, 6) is 1.91. The van der Waals surface area contributed by atoms with Gasteiger partial charge in [0.2, 0.25) is 0 Å². The molecule has 0 heterocycles. The van der Waals surface area contributed by atoms with E-state index in [1.807, 2.05) is 0 Å². The second-order valence-electron chi connectivity index (χ2n) is 4.44. The molecule has 0 aromatic heterocycles. The molecule has 1 saturated carbocycles. The summed E-state index contributed by atoms with van der Waals surface area (Å²) in [5.41, 5.74) is 5.87. The summed E-state index contributed by atoms with van der Waals surface area (Å²) in [6, 6.07) is 0.509. The van der Waals surface area contributed by atoms with E-state index >= 15 is 0 Å².